The lowest BCUT2D eigenvalue weighted by Crippen LogP contribution is -2.23. The number of hydrogen-bond donors (Lipinski definition) is 1. The van der Waals surface area contributed by atoms with Gasteiger partial charge in [0.1, 0.15) is 0 Å². The molecule has 0 aliphatic heterocycles. The van der Waals surface area contributed by atoms with E-state index in [4.69, 9.17) is 5.73 Å². The predicted octanol–water partition coefficient (Wildman–Crippen LogP) is 3.10. The number of nitrogen functional groups attached to an aromatic ring is 1. The molecule has 74 valence electrons. The first-order valence-corrected chi connectivity index (χ1v) is 5.71. The van der Waals surface area contributed by atoms with Crippen molar-refractivity contribution in [3.63, 3.8) is 0 Å². The molecule has 1 heteroatoms. The van der Waals surface area contributed by atoms with E-state index in [0.717, 1.165) is 17.5 Å². The van der Waals surface area contributed by atoms with Crippen molar-refractivity contribution < 1.29 is 0 Å². The largest absolute Gasteiger partial charge is 0.399 e. The summed E-state index contributed by atoms with van der Waals surface area (Å²) in [5.41, 5.74) is 9.89. The number of nitrogens with two attached hydrogens (primary N) is 1. The smallest absolute Gasteiger partial charge is 0.0316 e. The number of benzene rings is 1. The normalized spacial score (nSPS) is 29.7. The van der Waals surface area contributed by atoms with Gasteiger partial charge in [0.25, 0.3) is 0 Å². The van der Waals surface area contributed by atoms with Gasteiger partial charge in [0.15, 0.2) is 0 Å². The van der Waals surface area contributed by atoms with Gasteiger partial charge in [-0.2, -0.15) is 0 Å². The second kappa shape index (κ2) is 3.01. The second-order valence-electron chi connectivity index (χ2n) is 4.89. The fourth-order valence-corrected chi connectivity index (χ4v) is 3.27. The van der Waals surface area contributed by atoms with Crippen molar-refractivity contribution in [2.45, 2.75) is 38.0 Å². The highest BCUT2D eigenvalue weighted by molar-refractivity contribution is 5.47. The molecule has 2 unspecified atom stereocenters. The summed E-state index contributed by atoms with van der Waals surface area (Å²) in [7, 11) is 0. The Morgan fingerprint density at radius 2 is 2.14 bits per heavy atom. The van der Waals surface area contributed by atoms with Crippen LogP contribution in [0, 0.1) is 5.92 Å². The molecule has 1 fully saturated rings. The molecule has 1 nitrogen and oxygen atoms in total. The van der Waals surface area contributed by atoms with Crippen molar-refractivity contribution >= 4 is 5.69 Å². The molecule has 0 amide bonds. The summed E-state index contributed by atoms with van der Waals surface area (Å²) >= 11 is 0. The van der Waals surface area contributed by atoms with Crippen molar-refractivity contribution in [1.82, 2.24) is 0 Å². The van der Waals surface area contributed by atoms with Gasteiger partial charge in [-0.15, -0.1) is 0 Å². The van der Waals surface area contributed by atoms with E-state index in [9.17, 15) is 0 Å². The Labute approximate surface area is 85.3 Å². The third-order valence-electron chi connectivity index (χ3n) is 3.90. The second-order valence-corrected chi connectivity index (χ2v) is 4.89. The zero-order chi connectivity index (χ0) is 9.54. The summed E-state index contributed by atoms with van der Waals surface area (Å²) in [6.07, 6.45) is 6.96. The quantitative estimate of drug-likeness (QED) is 0.620. The fourth-order valence-electron chi connectivity index (χ4n) is 3.27. The lowest BCUT2D eigenvalue weighted by molar-refractivity contribution is 0.299. The molecule has 2 N–H and O–H groups in total. The number of anilines is 1. The average molecular weight is 187 g/mol. The van der Waals surface area contributed by atoms with Crippen LogP contribution >= 0.6 is 0 Å². The van der Waals surface area contributed by atoms with Crippen LogP contribution in [-0.4, -0.2) is 0 Å². The van der Waals surface area contributed by atoms with Gasteiger partial charge in [0, 0.05) is 5.69 Å². The SMILES string of the molecule is Nc1ccc2c(c1)CC1CCCC2C1. The number of rotatable bonds is 0. The molecule has 1 aromatic carbocycles. The van der Waals surface area contributed by atoms with E-state index < -0.39 is 0 Å². The molecule has 0 aromatic heterocycles. The lowest BCUT2D eigenvalue weighted by atomic mass is 9.69. The van der Waals surface area contributed by atoms with Gasteiger partial charge < -0.3 is 5.73 Å². The van der Waals surface area contributed by atoms with E-state index >= 15 is 0 Å². The van der Waals surface area contributed by atoms with Crippen molar-refractivity contribution in [2.75, 3.05) is 5.73 Å². The van der Waals surface area contributed by atoms with E-state index in [2.05, 4.69) is 18.2 Å². The molecule has 1 aromatic rings. The maximum atomic E-state index is 5.83. The Hall–Kier alpha value is -0.980. The minimum atomic E-state index is 0.845. The molecule has 0 spiro atoms. The summed E-state index contributed by atoms with van der Waals surface area (Å²) in [6, 6.07) is 6.52. The highest BCUT2D eigenvalue weighted by Crippen LogP contribution is 2.44. The lowest BCUT2D eigenvalue weighted by Gasteiger charge is -2.36. The van der Waals surface area contributed by atoms with Crippen LogP contribution in [0.5, 0.6) is 0 Å². The van der Waals surface area contributed by atoms with E-state index in [1.165, 1.54) is 37.7 Å². The maximum absolute atomic E-state index is 5.83. The topological polar surface area (TPSA) is 26.0 Å². The summed E-state index contributed by atoms with van der Waals surface area (Å²) in [4.78, 5) is 0. The zero-order valence-corrected chi connectivity index (χ0v) is 8.50. The van der Waals surface area contributed by atoms with Crippen LogP contribution in [-0.2, 0) is 6.42 Å². The summed E-state index contributed by atoms with van der Waals surface area (Å²) in [5.74, 6) is 1.79. The van der Waals surface area contributed by atoms with Gasteiger partial charge in [-0.05, 0) is 54.4 Å². The van der Waals surface area contributed by atoms with Crippen LogP contribution in [0.2, 0.25) is 0 Å². The minimum absolute atomic E-state index is 0.845. The molecule has 0 radical (unpaired) electrons. The number of fused-ring (bicyclic) bond motifs is 4. The zero-order valence-electron chi connectivity index (χ0n) is 8.50. The van der Waals surface area contributed by atoms with E-state index in [1.807, 2.05) is 0 Å². The molecule has 0 heterocycles. The van der Waals surface area contributed by atoms with Crippen LogP contribution in [0.1, 0.15) is 42.7 Å². The first kappa shape index (κ1) is 8.34. The minimum Gasteiger partial charge on any atom is -0.399 e. The molecule has 2 aliphatic rings. The first-order chi connectivity index (χ1) is 6.83. The van der Waals surface area contributed by atoms with Gasteiger partial charge in [0.05, 0.1) is 0 Å². The van der Waals surface area contributed by atoms with E-state index in [0.29, 0.717) is 0 Å². The predicted molar refractivity (Wildman–Crippen MR) is 59.3 cm³/mol. The maximum Gasteiger partial charge on any atom is 0.0316 e. The Morgan fingerprint density at radius 1 is 1.21 bits per heavy atom. The van der Waals surface area contributed by atoms with Gasteiger partial charge in [0.2, 0.25) is 0 Å². The highest BCUT2D eigenvalue weighted by atomic mass is 14.5. The van der Waals surface area contributed by atoms with Crippen molar-refractivity contribution in [1.29, 1.82) is 0 Å². The molecule has 2 atom stereocenters. The highest BCUT2D eigenvalue weighted by Gasteiger charge is 2.29. The molecular weight excluding hydrogens is 170 g/mol. The van der Waals surface area contributed by atoms with Crippen molar-refractivity contribution in [2.24, 2.45) is 5.92 Å². The van der Waals surface area contributed by atoms with Crippen LogP contribution in [0.4, 0.5) is 5.69 Å². The Balaban J connectivity index is 2.06. The van der Waals surface area contributed by atoms with Crippen LogP contribution in [0.15, 0.2) is 18.2 Å². The van der Waals surface area contributed by atoms with Crippen molar-refractivity contribution in [3.05, 3.63) is 29.3 Å². The van der Waals surface area contributed by atoms with Crippen molar-refractivity contribution in [3.8, 4) is 0 Å². The Bertz CT molecular complexity index is 356. The molecule has 2 bridgehead atoms. The summed E-state index contributed by atoms with van der Waals surface area (Å²) in [5, 5.41) is 0. The van der Waals surface area contributed by atoms with Crippen LogP contribution in [0.3, 0.4) is 0 Å². The molecule has 3 rings (SSSR count). The standard InChI is InChI=1S/C13H17N/c14-12-4-5-13-10-3-1-2-9(6-10)7-11(13)8-12/h4-5,8-10H,1-3,6-7,14H2. The van der Waals surface area contributed by atoms with Crippen LogP contribution < -0.4 is 5.73 Å². The fraction of sp³-hybridized carbons (Fsp3) is 0.538. The summed E-state index contributed by atoms with van der Waals surface area (Å²) in [6.45, 7) is 0. The molecule has 0 saturated heterocycles. The van der Waals surface area contributed by atoms with Gasteiger partial charge in [-0.3, -0.25) is 0 Å². The first-order valence-electron chi connectivity index (χ1n) is 5.71. The Kier molecular flexibility index (Phi) is 1.79. The summed E-state index contributed by atoms with van der Waals surface area (Å²) < 4.78 is 0. The monoisotopic (exact) mass is 187 g/mol. The van der Waals surface area contributed by atoms with E-state index in [1.54, 1.807) is 5.56 Å². The van der Waals surface area contributed by atoms with E-state index in [-0.39, 0.29) is 0 Å². The van der Waals surface area contributed by atoms with Crippen LogP contribution in [0.25, 0.3) is 0 Å². The molecular formula is C13H17N. The van der Waals surface area contributed by atoms with Gasteiger partial charge in [-0.25, -0.2) is 0 Å². The third-order valence-corrected chi connectivity index (χ3v) is 3.90. The molecule has 2 aliphatic carbocycles. The average Bonchev–Trinajstić information content (AvgIpc) is 2.17. The molecule has 1 saturated carbocycles. The van der Waals surface area contributed by atoms with Gasteiger partial charge >= 0.3 is 0 Å². The molecule has 14 heavy (non-hydrogen) atoms. The third kappa shape index (κ3) is 1.23. The number of hydrogen-bond acceptors (Lipinski definition) is 1. The Morgan fingerprint density at radius 3 is 3.07 bits per heavy atom. The van der Waals surface area contributed by atoms with Gasteiger partial charge in [-0.1, -0.05) is 18.9 Å².